The summed E-state index contributed by atoms with van der Waals surface area (Å²) < 4.78 is 0. The lowest BCUT2D eigenvalue weighted by atomic mass is 10.0. The van der Waals surface area contributed by atoms with Gasteiger partial charge in [0.2, 0.25) is 0 Å². The smallest absolute Gasteiger partial charge is 0.265 e. The van der Waals surface area contributed by atoms with Crippen LogP contribution in [-0.4, -0.2) is 11.8 Å². The van der Waals surface area contributed by atoms with Gasteiger partial charge in [-0.05, 0) is 83.0 Å². The standard InChI is InChI=1S/C30H22N2O2S/c33-29(31-23-13-11-19-9-7-17-3-1-5-21(23)27(17)19)25-15-16-26(35-25)30(34)32-24-14-12-20-10-8-18-4-2-6-22(24)28(18)20/h1-6,11-16H,7-10H2,(H,31,33)(H,32,34). The third-order valence-electron chi connectivity index (χ3n) is 7.30. The molecule has 0 saturated carbocycles. The van der Waals surface area contributed by atoms with Gasteiger partial charge in [0.1, 0.15) is 0 Å². The molecule has 0 bridgehead atoms. The van der Waals surface area contributed by atoms with Crippen LogP contribution >= 0.6 is 11.3 Å². The molecular weight excluding hydrogens is 452 g/mol. The monoisotopic (exact) mass is 474 g/mol. The number of benzene rings is 4. The first-order chi connectivity index (χ1) is 17.2. The van der Waals surface area contributed by atoms with Crippen molar-refractivity contribution in [2.24, 2.45) is 0 Å². The van der Waals surface area contributed by atoms with Gasteiger partial charge < -0.3 is 10.6 Å². The lowest BCUT2D eigenvalue weighted by molar-refractivity contribution is 0.102. The van der Waals surface area contributed by atoms with Gasteiger partial charge in [0.15, 0.2) is 0 Å². The van der Waals surface area contributed by atoms with Crippen LogP contribution in [-0.2, 0) is 25.7 Å². The number of hydrogen-bond acceptors (Lipinski definition) is 3. The Morgan fingerprint density at radius 1 is 0.543 bits per heavy atom. The van der Waals surface area contributed by atoms with Crippen molar-refractivity contribution < 1.29 is 9.59 Å². The Bertz CT molecular complexity index is 1550. The summed E-state index contributed by atoms with van der Waals surface area (Å²) in [5, 5.41) is 10.8. The molecule has 35 heavy (non-hydrogen) atoms. The summed E-state index contributed by atoms with van der Waals surface area (Å²) in [6, 6.07) is 24.2. The number of amides is 2. The van der Waals surface area contributed by atoms with E-state index in [-0.39, 0.29) is 11.8 Å². The van der Waals surface area contributed by atoms with E-state index >= 15 is 0 Å². The lowest BCUT2D eigenvalue weighted by Crippen LogP contribution is -2.11. The number of aryl methyl sites for hydroxylation is 4. The van der Waals surface area contributed by atoms with Gasteiger partial charge in [0.25, 0.3) is 11.8 Å². The predicted molar refractivity (Wildman–Crippen MR) is 143 cm³/mol. The van der Waals surface area contributed by atoms with Crippen LogP contribution in [0.4, 0.5) is 11.4 Å². The van der Waals surface area contributed by atoms with Crippen molar-refractivity contribution in [2.45, 2.75) is 25.7 Å². The summed E-state index contributed by atoms with van der Waals surface area (Å²) in [5.41, 5.74) is 6.98. The van der Waals surface area contributed by atoms with Crippen LogP contribution in [0.5, 0.6) is 0 Å². The van der Waals surface area contributed by atoms with Crippen LogP contribution in [0.1, 0.15) is 41.6 Å². The number of carbonyl (C=O) groups is 2. The van der Waals surface area contributed by atoms with E-state index < -0.39 is 0 Å². The molecule has 0 spiro atoms. The topological polar surface area (TPSA) is 58.2 Å². The van der Waals surface area contributed by atoms with E-state index in [1.54, 1.807) is 12.1 Å². The second kappa shape index (κ2) is 7.79. The lowest BCUT2D eigenvalue weighted by Gasteiger charge is -2.10. The molecule has 1 aromatic heterocycles. The summed E-state index contributed by atoms with van der Waals surface area (Å²) in [6.45, 7) is 0. The van der Waals surface area contributed by atoms with Crippen molar-refractivity contribution in [3.8, 4) is 0 Å². The molecule has 0 radical (unpaired) electrons. The summed E-state index contributed by atoms with van der Waals surface area (Å²) in [6.07, 6.45) is 4.19. The maximum Gasteiger partial charge on any atom is 0.265 e. The molecule has 5 heteroatoms. The molecule has 2 N–H and O–H groups in total. The summed E-state index contributed by atoms with van der Waals surface area (Å²) in [4.78, 5) is 27.1. The molecule has 0 unspecified atom stereocenters. The van der Waals surface area contributed by atoms with E-state index in [4.69, 9.17) is 0 Å². The van der Waals surface area contributed by atoms with Crippen molar-refractivity contribution >= 4 is 56.1 Å². The van der Waals surface area contributed by atoms with Crippen LogP contribution < -0.4 is 10.6 Å². The minimum atomic E-state index is -0.196. The van der Waals surface area contributed by atoms with Crippen LogP contribution in [0.15, 0.2) is 72.8 Å². The Hall–Kier alpha value is -3.96. The SMILES string of the molecule is O=C(Nc1ccc2c3c(cccc13)CC2)c1ccc(C(=O)Nc2ccc3c4c(cccc24)CC3)s1. The largest absolute Gasteiger partial charge is 0.321 e. The van der Waals surface area contributed by atoms with E-state index in [0.29, 0.717) is 9.75 Å². The van der Waals surface area contributed by atoms with Crippen LogP contribution in [0, 0.1) is 0 Å². The summed E-state index contributed by atoms with van der Waals surface area (Å²) in [5.74, 6) is -0.392. The van der Waals surface area contributed by atoms with Gasteiger partial charge in [0, 0.05) is 22.1 Å². The zero-order valence-electron chi connectivity index (χ0n) is 19.0. The fourth-order valence-corrected chi connectivity index (χ4v) is 6.46. The van der Waals surface area contributed by atoms with E-state index in [0.717, 1.165) is 47.8 Å². The van der Waals surface area contributed by atoms with Gasteiger partial charge in [-0.2, -0.15) is 0 Å². The van der Waals surface area contributed by atoms with Crippen molar-refractivity contribution in [1.82, 2.24) is 0 Å². The summed E-state index contributed by atoms with van der Waals surface area (Å²) >= 11 is 1.21. The average molecular weight is 475 g/mol. The van der Waals surface area contributed by atoms with E-state index in [1.165, 1.54) is 44.4 Å². The van der Waals surface area contributed by atoms with Crippen LogP contribution in [0.2, 0.25) is 0 Å². The molecule has 4 nitrogen and oxygen atoms in total. The zero-order valence-corrected chi connectivity index (χ0v) is 19.8. The number of rotatable bonds is 4. The zero-order chi connectivity index (χ0) is 23.5. The van der Waals surface area contributed by atoms with Crippen molar-refractivity contribution in [3.05, 3.63) is 105 Å². The Morgan fingerprint density at radius 2 is 0.971 bits per heavy atom. The fraction of sp³-hybridized carbons (Fsp3) is 0.133. The second-order valence-electron chi connectivity index (χ2n) is 9.30. The Balaban J connectivity index is 1.13. The summed E-state index contributed by atoms with van der Waals surface area (Å²) in [7, 11) is 0. The van der Waals surface area contributed by atoms with Crippen molar-refractivity contribution in [1.29, 1.82) is 0 Å². The minimum Gasteiger partial charge on any atom is -0.321 e. The van der Waals surface area contributed by atoms with Gasteiger partial charge in [-0.25, -0.2) is 0 Å². The number of thiophene rings is 1. The first-order valence-corrected chi connectivity index (χ1v) is 12.8. The van der Waals surface area contributed by atoms with Gasteiger partial charge in [0.05, 0.1) is 9.75 Å². The van der Waals surface area contributed by atoms with Crippen LogP contribution in [0.3, 0.4) is 0 Å². The first-order valence-electron chi connectivity index (χ1n) is 12.0. The van der Waals surface area contributed by atoms with Gasteiger partial charge in [-0.15, -0.1) is 11.3 Å². The first kappa shape index (κ1) is 20.4. The highest BCUT2D eigenvalue weighted by molar-refractivity contribution is 7.16. The highest BCUT2D eigenvalue weighted by atomic mass is 32.1. The molecule has 0 fully saturated rings. The molecule has 0 saturated heterocycles. The fourth-order valence-electron chi connectivity index (χ4n) is 5.66. The molecule has 170 valence electrons. The molecule has 1 heterocycles. The molecule has 7 rings (SSSR count). The number of hydrogen-bond donors (Lipinski definition) is 2. The Morgan fingerprint density at radius 3 is 1.43 bits per heavy atom. The molecule has 0 atom stereocenters. The molecule has 2 aliphatic rings. The maximum atomic E-state index is 13.1. The van der Waals surface area contributed by atoms with E-state index in [9.17, 15) is 9.59 Å². The maximum absolute atomic E-state index is 13.1. The predicted octanol–water partition coefficient (Wildman–Crippen LogP) is 6.76. The van der Waals surface area contributed by atoms with Gasteiger partial charge >= 0.3 is 0 Å². The average Bonchev–Trinajstić information content (AvgIpc) is 3.63. The number of anilines is 2. The normalized spacial score (nSPS) is 13.5. The minimum absolute atomic E-state index is 0.196. The van der Waals surface area contributed by atoms with Crippen molar-refractivity contribution in [3.63, 3.8) is 0 Å². The molecule has 4 aromatic carbocycles. The molecule has 5 aromatic rings. The third kappa shape index (κ3) is 3.27. The van der Waals surface area contributed by atoms with E-state index in [1.807, 2.05) is 12.1 Å². The van der Waals surface area contributed by atoms with Gasteiger partial charge in [-0.1, -0.05) is 48.5 Å². The molecule has 0 aliphatic heterocycles. The quantitative estimate of drug-likeness (QED) is 0.302. The highest BCUT2D eigenvalue weighted by Gasteiger charge is 2.20. The number of nitrogens with one attached hydrogen (secondary N) is 2. The van der Waals surface area contributed by atoms with Crippen LogP contribution in [0.25, 0.3) is 21.5 Å². The van der Waals surface area contributed by atoms with E-state index in [2.05, 4.69) is 59.2 Å². The van der Waals surface area contributed by atoms with Crippen molar-refractivity contribution in [2.75, 3.05) is 10.6 Å². The molecular formula is C30H22N2O2S. The molecule has 2 amide bonds. The highest BCUT2D eigenvalue weighted by Crippen LogP contribution is 2.37. The Labute approximate surface area is 206 Å². The van der Waals surface area contributed by atoms with Gasteiger partial charge in [-0.3, -0.25) is 9.59 Å². The third-order valence-corrected chi connectivity index (χ3v) is 8.39. The Kier molecular flexibility index (Phi) is 4.54. The molecule has 2 aliphatic carbocycles. The number of carbonyl (C=O) groups excluding carboxylic acids is 2. The second-order valence-corrected chi connectivity index (χ2v) is 10.4.